The van der Waals surface area contributed by atoms with Gasteiger partial charge in [0.1, 0.15) is 5.75 Å². The van der Waals surface area contributed by atoms with Gasteiger partial charge in [-0.3, -0.25) is 4.79 Å². The van der Waals surface area contributed by atoms with Crippen LogP contribution in [0.15, 0.2) is 145 Å². The van der Waals surface area contributed by atoms with Crippen molar-refractivity contribution in [2.75, 3.05) is 14.2 Å². The molecule has 0 spiro atoms. The summed E-state index contributed by atoms with van der Waals surface area (Å²) >= 11 is 0. The van der Waals surface area contributed by atoms with Gasteiger partial charge in [0.2, 0.25) is 5.60 Å². The maximum absolute atomic E-state index is 14.9. The van der Waals surface area contributed by atoms with Gasteiger partial charge in [-0.05, 0) is 67.3 Å². The SMILES string of the molecule is CCCCCC1CCC(c2ccc(C(=O)NC3=C(OC(=O)c4ccccc4)C(c4ccccc4)(c4ccccc4)Oc4c3c(C(=O)OC)c(C(=O)OC)c3ccccc43)cc2)CC1. The van der Waals surface area contributed by atoms with E-state index in [1.165, 1.54) is 58.3 Å². The van der Waals surface area contributed by atoms with E-state index >= 15 is 0 Å². The van der Waals surface area contributed by atoms with Crippen molar-refractivity contribution in [2.24, 2.45) is 5.92 Å². The molecule has 1 heterocycles. The van der Waals surface area contributed by atoms with Crippen molar-refractivity contribution in [1.82, 2.24) is 5.32 Å². The smallest absolute Gasteiger partial charge is 0.343 e. The topological polar surface area (TPSA) is 117 Å². The summed E-state index contributed by atoms with van der Waals surface area (Å²) in [5, 5.41) is 3.89. The molecule has 6 aromatic carbocycles. The Morgan fingerprint density at radius 2 is 1.17 bits per heavy atom. The second-order valence-electron chi connectivity index (χ2n) is 16.2. The monoisotopic (exact) mass is 841 g/mol. The molecule has 1 amide bonds. The Morgan fingerprint density at radius 3 is 1.76 bits per heavy atom. The Balaban J connectivity index is 1.36. The van der Waals surface area contributed by atoms with Gasteiger partial charge in [0.05, 0.1) is 42.2 Å². The summed E-state index contributed by atoms with van der Waals surface area (Å²) in [6, 6.07) is 41.5. The fourth-order valence-corrected chi connectivity index (χ4v) is 9.28. The molecule has 1 saturated carbocycles. The number of amides is 1. The number of fused-ring (bicyclic) bond motifs is 3. The average Bonchev–Trinajstić information content (AvgIpc) is 3.34. The third-order valence-electron chi connectivity index (χ3n) is 12.5. The summed E-state index contributed by atoms with van der Waals surface area (Å²) in [6.07, 6.45) is 9.70. The molecule has 0 atom stereocenters. The number of rotatable bonds is 13. The molecule has 9 heteroatoms. The molecule has 320 valence electrons. The van der Waals surface area contributed by atoms with E-state index in [4.69, 9.17) is 18.9 Å². The lowest BCUT2D eigenvalue weighted by molar-refractivity contribution is 0.0363. The third-order valence-corrected chi connectivity index (χ3v) is 12.5. The summed E-state index contributed by atoms with van der Waals surface area (Å²) in [4.78, 5) is 57.6. The zero-order chi connectivity index (χ0) is 43.9. The molecule has 63 heavy (non-hydrogen) atoms. The summed E-state index contributed by atoms with van der Waals surface area (Å²) in [6.45, 7) is 2.24. The highest BCUT2D eigenvalue weighted by Gasteiger charge is 2.52. The van der Waals surface area contributed by atoms with Gasteiger partial charge >= 0.3 is 17.9 Å². The van der Waals surface area contributed by atoms with E-state index in [-0.39, 0.29) is 39.5 Å². The van der Waals surface area contributed by atoms with Crippen LogP contribution in [0.3, 0.4) is 0 Å². The number of carbonyl (C=O) groups excluding carboxylic acids is 4. The molecule has 0 saturated heterocycles. The Kier molecular flexibility index (Phi) is 12.8. The van der Waals surface area contributed by atoms with Gasteiger partial charge in [-0.1, -0.05) is 148 Å². The second-order valence-corrected chi connectivity index (χ2v) is 16.2. The summed E-state index contributed by atoms with van der Waals surface area (Å²) in [7, 11) is 2.42. The molecule has 1 N–H and O–H groups in total. The maximum Gasteiger partial charge on any atom is 0.343 e. The lowest BCUT2D eigenvalue weighted by Crippen LogP contribution is -2.44. The predicted octanol–water partition coefficient (Wildman–Crippen LogP) is 11.6. The highest BCUT2D eigenvalue weighted by Crippen LogP contribution is 2.54. The average molecular weight is 842 g/mol. The number of esters is 3. The number of nitrogens with one attached hydrogen (secondary N) is 1. The van der Waals surface area contributed by atoms with E-state index in [9.17, 15) is 19.2 Å². The van der Waals surface area contributed by atoms with Crippen LogP contribution in [0.1, 0.15) is 128 Å². The number of carbonyl (C=O) groups is 4. The summed E-state index contributed by atoms with van der Waals surface area (Å²) < 4.78 is 24.6. The lowest BCUT2D eigenvalue weighted by Gasteiger charge is -2.42. The van der Waals surface area contributed by atoms with E-state index in [1.807, 2.05) is 72.8 Å². The van der Waals surface area contributed by atoms with Gasteiger partial charge < -0.3 is 24.3 Å². The van der Waals surface area contributed by atoms with Gasteiger partial charge in [-0.2, -0.15) is 0 Å². The van der Waals surface area contributed by atoms with E-state index in [1.54, 1.807) is 66.7 Å². The van der Waals surface area contributed by atoms with E-state index in [0.29, 0.717) is 33.4 Å². The lowest BCUT2D eigenvalue weighted by atomic mass is 9.77. The first-order valence-electron chi connectivity index (χ1n) is 21.8. The number of hydrogen-bond acceptors (Lipinski definition) is 8. The number of benzene rings is 6. The number of hydrogen-bond donors (Lipinski definition) is 1. The zero-order valence-electron chi connectivity index (χ0n) is 35.9. The second kappa shape index (κ2) is 18.9. The first kappa shape index (κ1) is 42.7. The molecule has 1 aliphatic heterocycles. The van der Waals surface area contributed by atoms with Crippen LogP contribution < -0.4 is 10.1 Å². The van der Waals surface area contributed by atoms with Crippen LogP contribution in [0.25, 0.3) is 16.5 Å². The quantitative estimate of drug-likeness (QED) is 0.0694. The third kappa shape index (κ3) is 8.35. The molecular formula is C54H51NO8. The molecule has 1 aliphatic carbocycles. The van der Waals surface area contributed by atoms with Crippen molar-refractivity contribution in [3.8, 4) is 5.75 Å². The van der Waals surface area contributed by atoms with Crippen molar-refractivity contribution in [1.29, 1.82) is 0 Å². The highest BCUT2D eigenvalue weighted by molar-refractivity contribution is 6.19. The molecule has 2 aliphatic rings. The first-order chi connectivity index (χ1) is 30.8. The van der Waals surface area contributed by atoms with Crippen molar-refractivity contribution >= 4 is 40.3 Å². The van der Waals surface area contributed by atoms with Crippen molar-refractivity contribution < 1.29 is 38.1 Å². The molecule has 9 nitrogen and oxygen atoms in total. The Hall–Kier alpha value is -7.00. The summed E-state index contributed by atoms with van der Waals surface area (Å²) in [5.41, 5.74) is 0.649. The van der Waals surface area contributed by atoms with E-state index in [2.05, 4.69) is 12.2 Å². The minimum atomic E-state index is -1.76. The van der Waals surface area contributed by atoms with Gasteiger partial charge in [0, 0.05) is 27.5 Å². The molecule has 8 rings (SSSR count). The highest BCUT2D eigenvalue weighted by atomic mass is 16.6. The van der Waals surface area contributed by atoms with E-state index in [0.717, 1.165) is 18.8 Å². The van der Waals surface area contributed by atoms with Crippen LogP contribution in [-0.4, -0.2) is 38.0 Å². The van der Waals surface area contributed by atoms with Gasteiger partial charge in [0.25, 0.3) is 5.91 Å². The first-order valence-corrected chi connectivity index (χ1v) is 21.8. The fraction of sp³-hybridized carbons (Fsp3) is 0.259. The Labute approximate surface area is 368 Å². The fourth-order valence-electron chi connectivity index (χ4n) is 9.28. The number of ether oxygens (including phenoxy) is 4. The van der Waals surface area contributed by atoms with Crippen molar-refractivity contribution in [2.45, 2.75) is 69.8 Å². The van der Waals surface area contributed by atoms with Crippen LogP contribution in [0.2, 0.25) is 0 Å². The van der Waals surface area contributed by atoms with E-state index < -0.39 is 29.4 Å². The van der Waals surface area contributed by atoms with Crippen LogP contribution in [0.5, 0.6) is 5.75 Å². The molecule has 6 aromatic rings. The largest absolute Gasteiger partial charge is 0.468 e. The van der Waals surface area contributed by atoms with Crippen LogP contribution in [0, 0.1) is 5.92 Å². The molecule has 1 fully saturated rings. The standard InChI is InChI=1S/C54H51NO8/c1-4-5-9-18-35-27-29-36(30-28-35)37-31-33-38(34-32-37)50(56)55-47-46-45(53(59)61-3)44(52(58)60-2)42-25-16-17-26-43(42)48(46)63-54(40-21-12-7-13-22-40,41-23-14-8-15-24-41)49(47)62-51(57)39-19-10-6-11-20-39/h6-8,10-17,19-26,31-36H,4-5,9,18,27-30H2,1-3H3,(H,55,56). The van der Waals surface area contributed by atoms with Gasteiger partial charge in [0.15, 0.2) is 5.76 Å². The molecule has 0 radical (unpaired) electrons. The Morgan fingerprint density at radius 1 is 0.619 bits per heavy atom. The van der Waals surface area contributed by atoms with Crippen LogP contribution >= 0.6 is 0 Å². The normalized spacial score (nSPS) is 16.6. The van der Waals surface area contributed by atoms with Crippen LogP contribution in [-0.2, 0) is 19.8 Å². The molecule has 0 unspecified atom stereocenters. The van der Waals surface area contributed by atoms with Gasteiger partial charge in [-0.25, -0.2) is 14.4 Å². The predicted molar refractivity (Wildman–Crippen MR) is 242 cm³/mol. The van der Waals surface area contributed by atoms with Gasteiger partial charge in [-0.15, -0.1) is 0 Å². The number of unbranched alkanes of at least 4 members (excludes halogenated alkanes) is 2. The zero-order valence-corrected chi connectivity index (χ0v) is 35.9. The van der Waals surface area contributed by atoms with Crippen LogP contribution in [0.4, 0.5) is 0 Å². The van der Waals surface area contributed by atoms with Crippen molar-refractivity contribution in [3.05, 3.63) is 190 Å². The molecule has 0 bridgehead atoms. The summed E-state index contributed by atoms with van der Waals surface area (Å²) in [5.74, 6) is -1.85. The Bertz CT molecular complexity index is 2610. The molecule has 0 aromatic heterocycles. The van der Waals surface area contributed by atoms with Crippen molar-refractivity contribution in [3.63, 3.8) is 0 Å². The minimum Gasteiger partial charge on any atom is -0.468 e. The molecular weight excluding hydrogens is 791 g/mol. The minimum absolute atomic E-state index is 0.0139. The maximum atomic E-state index is 14.9. The number of methoxy groups -OCH3 is 2.